The first-order valence-electron chi connectivity index (χ1n) is 13.2. The molecule has 3 fully saturated rings. The zero-order valence-electron chi connectivity index (χ0n) is 22.1. The molecule has 0 aliphatic heterocycles. The molecule has 0 N–H and O–H groups in total. The van der Waals surface area contributed by atoms with Crippen LogP contribution in [0.15, 0.2) is 23.3 Å². The Hall–Kier alpha value is -1.84. The van der Waals surface area contributed by atoms with Crippen molar-refractivity contribution in [3.8, 4) is 0 Å². The number of Topliss-reactive ketones (excluding diaryl/α,β-unsaturated/α-hetero) is 1. The normalized spacial score (nSPS) is 41.5. The number of ketones is 3. The van der Waals surface area contributed by atoms with Crippen molar-refractivity contribution in [1.82, 2.24) is 0 Å². The third kappa shape index (κ3) is 3.30. The average Bonchev–Trinajstić information content (AvgIpc) is 3.01. The summed E-state index contributed by atoms with van der Waals surface area (Å²) in [5.74, 6) is 0.595. The Morgan fingerprint density at radius 3 is 2.35 bits per heavy atom. The van der Waals surface area contributed by atoms with E-state index in [4.69, 9.17) is 0 Å². The summed E-state index contributed by atoms with van der Waals surface area (Å²) in [5, 5.41) is 0. The van der Waals surface area contributed by atoms with E-state index in [0.29, 0.717) is 31.6 Å². The highest BCUT2D eigenvalue weighted by atomic mass is 16.1. The molecule has 0 heterocycles. The number of carbonyl (C=O) groups is 4. The van der Waals surface area contributed by atoms with Gasteiger partial charge in [0.2, 0.25) is 0 Å². The lowest BCUT2D eigenvalue weighted by Gasteiger charge is -2.63. The van der Waals surface area contributed by atoms with Gasteiger partial charge < -0.3 is 4.79 Å². The molecule has 4 nitrogen and oxygen atoms in total. The van der Waals surface area contributed by atoms with Crippen LogP contribution in [-0.4, -0.2) is 23.6 Å². The molecule has 0 aromatic rings. The predicted molar refractivity (Wildman–Crippen MR) is 133 cm³/mol. The Morgan fingerprint density at radius 2 is 1.74 bits per heavy atom. The van der Waals surface area contributed by atoms with Gasteiger partial charge in [0, 0.05) is 29.6 Å². The molecule has 0 aromatic carbocycles. The van der Waals surface area contributed by atoms with Crippen molar-refractivity contribution in [2.75, 3.05) is 0 Å². The van der Waals surface area contributed by atoms with Crippen molar-refractivity contribution in [1.29, 1.82) is 0 Å². The van der Waals surface area contributed by atoms with Crippen LogP contribution in [0.4, 0.5) is 0 Å². The molecule has 0 saturated heterocycles. The summed E-state index contributed by atoms with van der Waals surface area (Å²) < 4.78 is 0. The van der Waals surface area contributed by atoms with Gasteiger partial charge >= 0.3 is 0 Å². The lowest BCUT2D eigenvalue weighted by Crippen LogP contribution is -2.63. The molecule has 7 atom stereocenters. The summed E-state index contributed by atoms with van der Waals surface area (Å²) in [6, 6.07) is 0. The molecule has 0 amide bonds. The number of hydrogen-bond acceptors (Lipinski definition) is 4. The number of allylic oxidation sites excluding steroid dienone is 4. The van der Waals surface area contributed by atoms with Crippen molar-refractivity contribution >= 4 is 23.6 Å². The van der Waals surface area contributed by atoms with Gasteiger partial charge in [-0.2, -0.15) is 0 Å². The topological polar surface area (TPSA) is 68.3 Å². The lowest BCUT2D eigenvalue weighted by molar-refractivity contribution is -0.169. The molecule has 186 valence electrons. The van der Waals surface area contributed by atoms with Crippen LogP contribution in [-0.2, 0) is 19.2 Å². The molecular formula is C30H42O4. The average molecular weight is 467 g/mol. The van der Waals surface area contributed by atoms with Crippen molar-refractivity contribution in [3.05, 3.63) is 23.3 Å². The van der Waals surface area contributed by atoms with Gasteiger partial charge in [-0.3, -0.25) is 14.4 Å². The fraction of sp³-hybridized carbons (Fsp3) is 0.733. The van der Waals surface area contributed by atoms with E-state index in [9.17, 15) is 19.2 Å². The molecule has 0 radical (unpaired) electrons. The molecule has 0 bridgehead atoms. The van der Waals surface area contributed by atoms with Crippen molar-refractivity contribution in [2.24, 2.45) is 45.3 Å². The van der Waals surface area contributed by atoms with E-state index in [1.54, 1.807) is 12.2 Å². The summed E-state index contributed by atoms with van der Waals surface area (Å²) in [5.41, 5.74) is 0.116. The Kier molecular flexibility index (Phi) is 6.02. The van der Waals surface area contributed by atoms with E-state index >= 15 is 0 Å². The quantitative estimate of drug-likeness (QED) is 0.364. The molecule has 34 heavy (non-hydrogen) atoms. The second-order valence-electron chi connectivity index (χ2n) is 13.2. The Labute approximate surface area is 205 Å². The van der Waals surface area contributed by atoms with Crippen LogP contribution >= 0.6 is 0 Å². The fourth-order valence-electron chi connectivity index (χ4n) is 8.97. The Morgan fingerprint density at radius 1 is 1.06 bits per heavy atom. The summed E-state index contributed by atoms with van der Waals surface area (Å²) in [6.07, 6.45) is 9.76. The van der Waals surface area contributed by atoms with Crippen LogP contribution < -0.4 is 0 Å². The van der Waals surface area contributed by atoms with E-state index in [-0.39, 0.29) is 45.9 Å². The molecule has 4 aliphatic carbocycles. The second kappa shape index (κ2) is 8.10. The molecule has 4 heteroatoms. The van der Waals surface area contributed by atoms with E-state index in [2.05, 4.69) is 20.8 Å². The van der Waals surface area contributed by atoms with Crippen LogP contribution in [0.5, 0.6) is 0 Å². The molecule has 0 spiro atoms. The third-order valence-corrected chi connectivity index (χ3v) is 10.9. The summed E-state index contributed by atoms with van der Waals surface area (Å²) in [4.78, 5) is 52.2. The van der Waals surface area contributed by atoms with Gasteiger partial charge in [-0.1, -0.05) is 26.3 Å². The highest BCUT2D eigenvalue weighted by molar-refractivity contribution is 6.01. The Bertz CT molecular complexity index is 995. The monoisotopic (exact) mass is 466 g/mol. The Balaban J connectivity index is 1.74. The maximum absolute atomic E-state index is 13.9. The van der Waals surface area contributed by atoms with Gasteiger partial charge in [0.05, 0.1) is 0 Å². The smallest absolute Gasteiger partial charge is 0.160 e. The van der Waals surface area contributed by atoms with Gasteiger partial charge in [-0.05, 0) is 106 Å². The molecule has 2 unspecified atom stereocenters. The maximum Gasteiger partial charge on any atom is 0.160 e. The molecule has 0 aromatic heterocycles. The standard InChI is InChI=1S/C30H42O4/c1-18(2)14-20(32)15-19(3)21-10-11-29(7)26-24(33)16-23-22(8-9-25(34)27(23,4)5)30(26,17-31)13-12-28(21,29)6/h14,16-17,19,21-22,26H,8-13,15H2,1-7H3/t19-,21-,22?,26?,28-,29+,30-/m1/s1. The summed E-state index contributed by atoms with van der Waals surface area (Å²) in [7, 11) is 0. The first kappa shape index (κ1) is 25.3. The summed E-state index contributed by atoms with van der Waals surface area (Å²) >= 11 is 0. The molecule has 4 rings (SSSR count). The zero-order valence-corrected chi connectivity index (χ0v) is 22.1. The molecular weight excluding hydrogens is 424 g/mol. The maximum atomic E-state index is 13.9. The van der Waals surface area contributed by atoms with Gasteiger partial charge in [0.1, 0.15) is 12.1 Å². The highest BCUT2D eigenvalue weighted by Crippen LogP contribution is 2.73. The number of rotatable bonds is 5. The minimum atomic E-state index is -0.719. The van der Waals surface area contributed by atoms with Crippen LogP contribution in [0.3, 0.4) is 0 Å². The lowest BCUT2D eigenvalue weighted by atomic mass is 9.38. The fourth-order valence-corrected chi connectivity index (χ4v) is 8.97. The van der Waals surface area contributed by atoms with Crippen LogP contribution in [0, 0.1) is 45.3 Å². The minimum Gasteiger partial charge on any atom is -0.303 e. The van der Waals surface area contributed by atoms with Gasteiger partial charge in [-0.15, -0.1) is 0 Å². The van der Waals surface area contributed by atoms with Gasteiger partial charge in [0.25, 0.3) is 0 Å². The predicted octanol–water partition coefficient (Wildman–Crippen LogP) is 6.08. The highest BCUT2D eigenvalue weighted by Gasteiger charge is 2.71. The summed E-state index contributed by atoms with van der Waals surface area (Å²) in [6.45, 7) is 14.5. The van der Waals surface area contributed by atoms with Crippen molar-refractivity contribution < 1.29 is 19.2 Å². The van der Waals surface area contributed by atoms with Crippen LogP contribution in [0.25, 0.3) is 0 Å². The third-order valence-electron chi connectivity index (χ3n) is 10.9. The van der Waals surface area contributed by atoms with Crippen molar-refractivity contribution in [3.63, 3.8) is 0 Å². The van der Waals surface area contributed by atoms with E-state index < -0.39 is 10.8 Å². The van der Waals surface area contributed by atoms with Gasteiger partial charge in [-0.25, -0.2) is 0 Å². The molecule has 4 aliphatic rings. The number of aldehydes is 1. The van der Waals surface area contributed by atoms with E-state index in [0.717, 1.165) is 36.7 Å². The molecule has 3 saturated carbocycles. The van der Waals surface area contributed by atoms with Crippen LogP contribution in [0.1, 0.15) is 93.4 Å². The van der Waals surface area contributed by atoms with Crippen LogP contribution in [0.2, 0.25) is 0 Å². The van der Waals surface area contributed by atoms with E-state index in [1.807, 2.05) is 27.7 Å². The first-order chi connectivity index (χ1) is 15.7. The zero-order chi connectivity index (χ0) is 25.3. The van der Waals surface area contributed by atoms with Crippen molar-refractivity contribution in [2.45, 2.75) is 93.4 Å². The van der Waals surface area contributed by atoms with Gasteiger partial charge in [0.15, 0.2) is 11.6 Å². The first-order valence-corrected chi connectivity index (χ1v) is 13.2. The number of carbonyl (C=O) groups excluding carboxylic acids is 4. The largest absolute Gasteiger partial charge is 0.303 e. The van der Waals surface area contributed by atoms with E-state index in [1.165, 1.54) is 0 Å². The number of fused-ring (bicyclic) bond motifs is 5. The SMILES string of the molecule is CC(C)=CC(=O)C[C@@H](C)[C@H]1CC[C@@]2(C)C3C(=O)C=C4C(CCC(=O)C4(C)C)[C@]3(C=O)CC[C@]12C. The number of hydrogen-bond donors (Lipinski definition) is 0. The second-order valence-corrected chi connectivity index (χ2v) is 13.2. The minimum absolute atomic E-state index is 0.0301.